The van der Waals surface area contributed by atoms with Crippen molar-refractivity contribution in [2.24, 2.45) is 7.05 Å². The van der Waals surface area contributed by atoms with Crippen LogP contribution < -0.4 is 0 Å². The predicted octanol–water partition coefficient (Wildman–Crippen LogP) is 1.89. The lowest BCUT2D eigenvalue weighted by Crippen LogP contribution is -2.34. The molecule has 0 N–H and O–H groups in total. The van der Waals surface area contributed by atoms with E-state index in [9.17, 15) is 17.6 Å². The fourth-order valence-electron chi connectivity index (χ4n) is 0.719. The molecule has 0 saturated heterocycles. The first kappa shape index (κ1) is 10.4. The van der Waals surface area contributed by atoms with Gasteiger partial charge in [0.05, 0.1) is 6.20 Å². The third-order valence-corrected chi connectivity index (χ3v) is 1.89. The molecule has 0 bridgehead atoms. The summed E-state index contributed by atoms with van der Waals surface area (Å²) < 4.78 is 51.0. The minimum Gasteiger partial charge on any atom is -0.246 e. The Morgan fingerprint density at radius 3 is 2.23 bits per heavy atom. The highest BCUT2D eigenvalue weighted by atomic mass is 79.9. The molecule has 0 aliphatic heterocycles. The average Bonchev–Trinajstić information content (AvgIpc) is 2.32. The SMILES string of the molecule is Cn1nncc1C(F)(F)C(F)(F)Br. The van der Waals surface area contributed by atoms with Crippen molar-refractivity contribution in [2.75, 3.05) is 0 Å². The Morgan fingerprint density at radius 1 is 1.38 bits per heavy atom. The molecule has 1 aromatic rings. The maximum Gasteiger partial charge on any atom is 0.369 e. The molecule has 1 heterocycles. The fourth-order valence-corrected chi connectivity index (χ4v) is 0.922. The van der Waals surface area contributed by atoms with Gasteiger partial charge in [-0.2, -0.15) is 17.6 Å². The maximum absolute atomic E-state index is 12.9. The van der Waals surface area contributed by atoms with Crippen molar-refractivity contribution in [1.82, 2.24) is 15.0 Å². The van der Waals surface area contributed by atoms with E-state index >= 15 is 0 Å². The second-order valence-corrected chi connectivity index (χ2v) is 3.31. The molecule has 74 valence electrons. The highest BCUT2D eigenvalue weighted by Gasteiger charge is 2.57. The summed E-state index contributed by atoms with van der Waals surface area (Å²) in [5, 5.41) is 6.21. The van der Waals surface area contributed by atoms with Gasteiger partial charge in [0.2, 0.25) is 0 Å². The molecule has 0 amide bonds. The van der Waals surface area contributed by atoms with Crippen molar-refractivity contribution < 1.29 is 17.6 Å². The summed E-state index contributed by atoms with van der Waals surface area (Å²) >= 11 is 1.60. The van der Waals surface area contributed by atoms with Gasteiger partial charge in [0.25, 0.3) is 0 Å². The summed E-state index contributed by atoms with van der Waals surface area (Å²) in [5.41, 5.74) is -0.950. The maximum atomic E-state index is 12.9. The van der Waals surface area contributed by atoms with E-state index < -0.39 is 16.4 Å². The highest BCUT2D eigenvalue weighted by Crippen LogP contribution is 2.46. The molecule has 8 heteroatoms. The topological polar surface area (TPSA) is 30.7 Å². The van der Waals surface area contributed by atoms with E-state index in [-0.39, 0.29) is 0 Å². The zero-order chi connectivity index (χ0) is 10.3. The van der Waals surface area contributed by atoms with Crippen molar-refractivity contribution in [2.45, 2.75) is 10.8 Å². The molecular weight excluding hydrogens is 258 g/mol. The number of aryl methyl sites for hydroxylation is 1. The van der Waals surface area contributed by atoms with Gasteiger partial charge in [-0.25, -0.2) is 4.68 Å². The molecule has 3 nitrogen and oxygen atoms in total. The molecule has 0 fully saturated rings. The normalized spacial score (nSPS) is 13.4. The van der Waals surface area contributed by atoms with Gasteiger partial charge in [-0.05, 0) is 15.9 Å². The molecular formula is C5H4BrF4N3. The van der Waals surface area contributed by atoms with Crippen LogP contribution in [0.15, 0.2) is 6.20 Å². The van der Waals surface area contributed by atoms with E-state index in [0.717, 1.165) is 7.05 Å². The third-order valence-electron chi connectivity index (χ3n) is 1.39. The molecule has 0 unspecified atom stereocenters. The zero-order valence-electron chi connectivity index (χ0n) is 6.31. The second kappa shape index (κ2) is 2.93. The molecule has 0 spiro atoms. The lowest BCUT2D eigenvalue weighted by Gasteiger charge is -2.20. The van der Waals surface area contributed by atoms with Gasteiger partial charge in [-0.15, -0.1) is 5.10 Å². The van der Waals surface area contributed by atoms with Crippen LogP contribution in [0.2, 0.25) is 0 Å². The Balaban J connectivity index is 3.15. The van der Waals surface area contributed by atoms with E-state index in [1.807, 2.05) is 0 Å². The first-order valence-electron chi connectivity index (χ1n) is 3.06. The van der Waals surface area contributed by atoms with Crippen molar-refractivity contribution >= 4 is 15.9 Å². The Bertz CT molecular complexity index is 305. The Hall–Kier alpha value is -0.660. The van der Waals surface area contributed by atoms with Crippen LogP contribution in [0.1, 0.15) is 5.69 Å². The smallest absolute Gasteiger partial charge is 0.246 e. The van der Waals surface area contributed by atoms with Gasteiger partial charge >= 0.3 is 10.8 Å². The quantitative estimate of drug-likeness (QED) is 0.602. The first-order chi connectivity index (χ1) is 5.77. The molecule has 0 aromatic carbocycles. The van der Waals surface area contributed by atoms with Crippen LogP contribution in [0.3, 0.4) is 0 Å². The number of halogens is 5. The molecule has 0 aliphatic carbocycles. The average molecular weight is 262 g/mol. The molecule has 0 radical (unpaired) electrons. The van der Waals surface area contributed by atoms with Crippen LogP contribution in [0.5, 0.6) is 0 Å². The molecule has 0 aliphatic rings. The summed E-state index contributed by atoms with van der Waals surface area (Å²) in [4.78, 5) is -4.31. The van der Waals surface area contributed by atoms with E-state index in [0.29, 0.717) is 10.9 Å². The van der Waals surface area contributed by atoms with Gasteiger partial charge in [-0.3, -0.25) is 0 Å². The van der Waals surface area contributed by atoms with Crippen molar-refractivity contribution in [3.63, 3.8) is 0 Å². The molecule has 13 heavy (non-hydrogen) atoms. The minimum absolute atomic E-state index is 0.592. The van der Waals surface area contributed by atoms with Crippen LogP contribution in [-0.2, 0) is 13.0 Å². The van der Waals surface area contributed by atoms with Crippen LogP contribution in [0, 0.1) is 0 Å². The Labute approximate surface area is 78.9 Å². The third kappa shape index (κ3) is 1.67. The fraction of sp³-hybridized carbons (Fsp3) is 0.600. The summed E-state index contributed by atoms with van der Waals surface area (Å²) in [5.74, 6) is -4.33. The van der Waals surface area contributed by atoms with Gasteiger partial charge in [0.1, 0.15) is 5.69 Å². The number of rotatable bonds is 2. The lowest BCUT2D eigenvalue weighted by atomic mass is 10.2. The van der Waals surface area contributed by atoms with E-state index in [2.05, 4.69) is 10.3 Å². The summed E-state index contributed by atoms with van der Waals surface area (Å²) in [6, 6.07) is 0. The second-order valence-electron chi connectivity index (χ2n) is 2.32. The molecule has 1 rings (SSSR count). The number of hydrogen-bond acceptors (Lipinski definition) is 2. The van der Waals surface area contributed by atoms with E-state index in [1.54, 1.807) is 15.9 Å². The van der Waals surface area contributed by atoms with Gasteiger partial charge in [0.15, 0.2) is 0 Å². The standard InChI is InChI=1S/C5H4BrF4N3/c1-13-3(2-11-12-13)4(7,8)5(6,9)10/h2H,1H3. The molecule has 1 aromatic heterocycles. The van der Waals surface area contributed by atoms with Crippen LogP contribution >= 0.6 is 15.9 Å². The summed E-state index contributed by atoms with van der Waals surface area (Å²) in [7, 11) is 1.11. The van der Waals surface area contributed by atoms with Crippen molar-refractivity contribution in [3.8, 4) is 0 Å². The minimum atomic E-state index is -4.33. The van der Waals surface area contributed by atoms with Crippen LogP contribution in [0.25, 0.3) is 0 Å². The van der Waals surface area contributed by atoms with Gasteiger partial charge < -0.3 is 0 Å². The van der Waals surface area contributed by atoms with Gasteiger partial charge in [-0.1, -0.05) is 5.21 Å². The van der Waals surface area contributed by atoms with E-state index in [1.165, 1.54) is 0 Å². The summed E-state index contributed by atoms with van der Waals surface area (Å²) in [6.45, 7) is 0. The summed E-state index contributed by atoms with van der Waals surface area (Å²) in [6.07, 6.45) is 0.592. The molecule has 0 saturated carbocycles. The monoisotopic (exact) mass is 261 g/mol. The Kier molecular flexibility index (Phi) is 2.35. The number of nitrogens with zero attached hydrogens (tertiary/aromatic N) is 3. The Morgan fingerprint density at radius 2 is 1.92 bits per heavy atom. The van der Waals surface area contributed by atoms with Crippen LogP contribution in [0.4, 0.5) is 17.6 Å². The number of alkyl halides is 5. The highest BCUT2D eigenvalue weighted by molar-refractivity contribution is 9.10. The van der Waals surface area contributed by atoms with Crippen LogP contribution in [-0.4, -0.2) is 19.8 Å². The van der Waals surface area contributed by atoms with Crippen molar-refractivity contribution in [1.29, 1.82) is 0 Å². The lowest BCUT2D eigenvalue weighted by molar-refractivity contribution is -0.158. The number of aromatic nitrogens is 3. The zero-order valence-corrected chi connectivity index (χ0v) is 7.89. The first-order valence-corrected chi connectivity index (χ1v) is 3.86. The van der Waals surface area contributed by atoms with Gasteiger partial charge in [0, 0.05) is 7.05 Å². The van der Waals surface area contributed by atoms with E-state index in [4.69, 9.17) is 0 Å². The molecule has 0 atom stereocenters. The number of hydrogen-bond donors (Lipinski definition) is 0. The predicted molar refractivity (Wildman–Crippen MR) is 38.8 cm³/mol. The largest absolute Gasteiger partial charge is 0.369 e. The van der Waals surface area contributed by atoms with Crippen molar-refractivity contribution in [3.05, 3.63) is 11.9 Å².